The van der Waals surface area contributed by atoms with Gasteiger partial charge in [-0.15, -0.1) is 0 Å². The van der Waals surface area contributed by atoms with Gasteiger partial charge in [0.25, 0.3) is 0 Å². The van der Waals surface area contributed by atoms with E-state index in [0.29, 0.717) is 36.5 Å². The van der Waals surface area contributed by atoms with E-state index in [4.69, 9.17) is 19.2 Å². The number of benzene rings is 2. The third-order valence-electron chi connectivity index (χ3n) is 6.70. The maximum Gasteiger partial charge on any atom is 0.321 e. The van der Waals surface area contributed by atoms with Crippen molar-refractivity contribution in [2.24, 2.45) is 11.8 Å². The number of nitrogens with zero attached hydrogens (tertiary/aromatic N) is 3. The number of carbonyl (C=O) groups excluding carboxylic acids is 2. The van der Waals surface area contributed by atoms with Crippen molar-refractivity contribution < 1.29 is 23.8 Å². The highest BCUT2D eigenvalue weighted by Gasteiger charge is 2.47. The van der Waals surface area contributed by atoms with Crippen molar-refractivity contribution in [2.75, 3.05) is 31.8 Å². The van der Waals surface area contributed by atoms with Crippen LogP contribution in [0.1, 0.15) is 58.6 Å². The molecule has 0 spiro atoms. The average Bonchev–Trinajstić information content (AvgIpc) is 3.26. The summed E-state index contributed by atoms with van der Waals surface area (Å²) in [5, 5.41) is 0. The van der Waals surface area contributed by atoms with Gasteiger partial charge in [-0.1, -0.05) is 45.4 Å². The van der Waals surface area contributed by atoms with Crippen LogP contribution in [0.4, 0.5) is 5.95 Å². The number of carbonyl (C=O) groups is 2. The highest BCUT2D eigenvalue weighted by molar-refractivity contribution is 6.08. The number of esters is 1. The lowest BCUT2D eigenvalue weighted by atomic mass is 9.89. The van der Waals surface area contributed by atoms with Crippen LogP contribution in [0.5, 0.6) is 11.5 Å². The molecule has 1 amide bonds. The molecule has 0 aliphatic carbocycles. The molecule has 2 aromatic carbocycles. The molecule has 2 heterocycles. The topological polar surface area (TPSA) is 82.9 Å². The Bertz CT molecular complexity index is 1250. The number of fused-ring (bicyclic) bond motifs is 3. The van der Waals surface area contributed by atoms with Crippen LogP contribution in [0.2, 0.25) is 0 Å². The van der Waals surface area contributed by atoms with Gasteiger partial charge in [0.2, 0.25) is 11.9 Å². The molecule has 0 fully saturated rings. The lowest BCUT2D eigenvalue weighted by Crippen LogP contribution is -2.50. The second-order valence-corrected chi connectivity index (χ2v) is 9.73. The van der Waals surface area contributed by atoms with Gasteiger partial charge >= 0.3 is 5.97 Å². The molecule has 8 nitrogen and oxygen atoms in total. The third-order valence-corrected chi connectivity index (χ3v) is 6.70. The number of ether oxygens (including phenoxy) is 3. The van der Waals surface area contributed by atoms with Crippen LogP contribution < -0.4 is 14.4 Å². The van der Waals surface area contributed by atoms with Crippen molar-refractivity contribution >= 4 is 28.9 Å². The van der Waals surface area contributed by atoms with E-state index in [1.807, 2.05) is 47.0 Å². The standard InChI is InChI=1S/C29H37N3O5/c1-6-8-16-31-27(33)25(28(34)36-7-2)26(32-22-12-10-9-11-21(22)30-29(31)32)20-13-14-23(24(18-20)35-5)37-17-15-19(3)4/h9-14,18-19,25-26H,6-8,15-17H2,1-5H3/t25-,26-/m0/s1. The lowest BCUT2D eigenvalue weighted by molar-refractivity contribution is -0.153. The minimum absolute atomic E-state index is 0.188. The van der Waals surface area contributed by atoms with E-state index in [1.54, 1.807) is 18.9 Å². The van der Waals surface area contributed by atoms with Crippen LogP contribution in [-0.2, 0) is 14.3 Å². The Balaban J connectivity index is 1.87. The van der Waals surface area contributed by atoms with Gasteiger partial charge in [-0.05, 0) is 55.5 Å². The Labute approximate surface area is 218 Å². The molecule has 0 saturated carbocycles. The second-order valence-electron chi connectivity index (χ2n) is 9.73. The number of hydrogen-bond acceptors (Lipinski definition) is 6. The zero-order chi connectivity index (χ0) is 26.5. The quantitative estimate of drug-likeness (QED) is 0.256. The number of hydrogen-bond donors (Lipinski definition) is 0. The van der Waals surface area contributed by atoms with Gasteiger partial charge in [0.1, 0.15) is 0 Å². The number of unbranched alkanes of at least 4 members (excludes halogenated alkanes) is 1. The van der Waals surface area contributed by atoms with Crippen LogP contribution in [0.25, 0.3) is 11.0 Å². The zero-order valence-corrected chi connectivity index (χ0v) is 22.4. The number of para-hydroxylation sites is 2. The van der Waals surface area contributed by atoms with Gasteiger partial charge in [0.05, 0.1) is 37.4 Å². The van der Waals surface area contributed by atoms with Crippen LogP contribution >= 0.6 is 0 Å². The van der Waals surface area contributed by atoms with Gasteiger partial charge in [-0.2, -0.15) is 0 Å². The van der Waals surface area contributed by atoms with E-state index in [0.717, 1.165) is 35.9 Å². The van der Waals surface area contributed by atoms with Gasteiger partial charge in [-0.25, -0.2) is 4.98 Å². The molecular formula is C29H37N3O5. The number of imidazole rings is 1. The number of rotatable bonds is 11. The van der Waals surface area contributed by atoms with E-state index < -0.39 is 17.9 Å². The number of aromatic nitrogens is 2. The van der Waals surface area contributed by atoms with E-state index in [1.165, 1.54) is 0 Å². The summed E-state index contributed by atoms with van der Waals surface area (Å²) in [5.74, 6) is 0.348. The predicted octanol–water partition coefficient (Wildman–Crippen LogP) is 5.39. The molecule has 8 heteroatoms. The van der Waals surface area contributed by atoms with Crippen molar-refractivity contribution in [1.82, 2.24) is 9.55 Å². The maximum atomic E-state index is 13.9. The first-order valence-corrected chi connectivity index (χ1v) is 13.2. The highest BCUT2D eigenvalue weighted by atomic mass is 16.5. The summed E-state index contributed by atoms with van der Waals surface area (Å²) >= 11 is 0. The number of amides is 1. The molecule has 0 saturated heterocycles. The normalized spacial score (nSPS) is 17.2. The van der Waals surface area contributed by atoms with Crippen molar-refractivity contribution in [3.8, 4) is 11.5 Å². The summed E-state index contributed by atoms with van der Waals surface area (Å²) in [5.41, 5.74) is 2.36. The Kier molecular flexibility index (Phi) is 8.36. The van der Waals surface area contributed by atoms with Crippen LogP contribution in [-0.4, -0.2) is 48.3 Å². The fraction of sp³-hybridized carbons (Fsp3) is 0.483. The van der Waals surface area contributed by atoms with Crippen LogP contribution in [0, 0.1) is 11.8 Å². The summed E-state index contributed by atoms with van der Waals surface area (Å²) < 4.78 is 19.1. The molecule has 0 unspecified atom stereocenters. The molecule has 0 bridgehead atoms. The molecule has 198 valence electrons. The molecule has 4 rings (SSSR count). The molecule has 1 aromatic heterocycles. The van der Waals surface area contributed by atoms with Crippen molar-refractivity contribution in [1.29, 1.82) is 0 Å². The Morgan fingerprint density at radius 2 is 1.89 bits per heavy atom. The van der Waals surface area contributed by atoms with E-state index >= 15 is 0 Å². The van der Waals surface area contributed by atoms with Gasteiger partial charge in [-0.3, -0.25) is 14.5 Å². The smallest absolute Gasteiger partial charge is 0.321 e. The summed E-state index contributed by atoms with van der Waals surface area (Å²) in [6.07, 6.45) is 2.63. The van der Waals surface area contributed by atoms with E-state index in [2.05, 4.69) is 20.8 Å². The molecule has 0 radical (unpaired) electrons. The summed E-state index contributed by atoms with van der Waals surface area (Å²) in [4.78, 5) is 33.7. The summed E-state index contributed by atoms with van der Waals surface area (Å²) in [7, 11) is 1.59. The minimum atomic E-state index is -1.06. The minimum Gasteiger partial charge on any atom is -0.493 e. The summed E-state index contributed by atoms with van der Waals surface area (Å²) in [6, 6.07) is 12.7. The van der Waals surface area contributed by atoms with Crippen LogP contribution in [0.3, 0.4) is 0 Å². The zero-order valence-electron chi connectivity index (χ0n) is 22.4. The lowest BCUT2D eigenvalue weighted by Gasteiger charge is -2.38. The SMILES string of the molecule is CCCCN1C(=O)[C@@H](C(=O)OCC)[C@H](c2ccc(OCCC(C)C)c(OC)c2)n2c1nc1ccccc12. The molecule has 0 N–H and O–H groups in total. The van der Waals surface area contributed by atoms with E-state index in [-0.39, 0.29) is 12.5 Å². The average molecular weight is 508 g/mol. The molecule has 1 aliphatic heterocycles. The van der Waals surface area contributed by atoms with Crippen molar-refractivity contribution in [2.45, 2.75) is 53.0 Å². The van der Waals surface area contributed by atoms with E-state index in [9.17, 15) is 9.59 Å². The number of methoxy groups -OCH3 is 1. The number of anilines is 1. The summed E-state index contributed by atoms with van der Waals surface area (Å²) in [6.45, 7) is 9.36. The molecule has 3 aromatic rings. The largest absolute Gasteiger partial charge is 0.493 e. The first-order valence-electron chi connectivity index (χ1n) is 13.2. The van der Waals surface area contributed by atoms with Gasteiger partial charge in [0, 0.05) is 6.54 Å². The van der Waals surface area contributed by atoms with Gasteiger partial charge in [0.15, 0.2) is 17.4 Å². The fourth-order valence-electron chi connectivity index (χ4n) is 4.77. The van der Waals surface area contributed by atoms with Crippen LogP contribution in [0.15, 0.2) is 42.5 Å². The molecule has 37 heavy (non-hydrogen) atoms. The Morgan fingerprint density at radius 3 is 2.59 bits per heavy atom. The second kappa shape index (κ2) is 11.7. The van der Waals surface area contributed by atoms with Gasteiger partial charge < -0.3 is 18.8 Å². The molecule has 2 atom stereocenters. The van der Waals surface area contributed by atoms with Crippen molar-refractivity contribution in [3.05, 3.63) is 48.0 Å². The third kappa shape index (κ3) is 5.29. The van der Waals surface area contributed by atoms with Crippen molar-refractivity contribution in [3.63, 3.8) is 0 Å². The maximum absolute atomic E-state index is 13.9. The Hall–Kier alpha value is -3.55. The Morgan fingerprint density at radius 1 is 1.11 bits per heavy atom. The first kappa shape index (κ1) is 26.5. The first-order chi connectivity index (χ1) is 17.9. The monoisotopic (exact) mass is 507 g/mol. The predicted molar refractivity (Wildman–Crippen MR) is 143 cm³/mol. The molecule has 1 aliphatic rings. The molecular weight excluding hydrogens is 470 g/mol. The fourth-order valence-corrected chi connectivity index (χ4v) is 4.77. The highest BCUT2D eigenvalue weighted by Crippen LogP contribution is 2.43.